The van der Waals surface area contributed by atoms with Crippen LogP contribution in [-0.4, -0.2) is 30.8 Å². The first kappa shape index (κ1) is 22.5. The lowest BCUT2D eigenvalue weighted by Gasteiger charge is -2.20. The summed E-state index contributed by atoms with van der Waals surface area (Å²) in [6.45, 7) is 2.12. The van der Waals surface area contributed by atoms with E-state index in [4.69, 9.17) is 11.6 Å². The predicted molar refractivity (Wildman–Crippen MR) is 134 cm³/mol. The van der Waals surface area contributed by atoms with Crippen LogP contribution in [-0.2, 0) is 16.4 Å². The Morgan fingerprint density at radius 1 is 1.15 bits per heavy atom. The van der Waals surface area contributed by atoms with Crippen LogP contribution >= 0.6 is 22.9 Å². The van der Waals surface area contributed by atoms with E-state index in [0.717, 1.165) is 11.1 Å². The van der Waals surface area contributed by atoms with Crippen molar-refractivity contribution < 1.29 is 13.2 Å². The second-order valence-corrected chi connectivity index (χ2v) is 11.1. The van der Waals surface area contributed by atoms with Crippen molar-refractivity contribution in [3.05, 3.63) is 88.1 Å². The van der Waals surface area contributed by atoms with E-state index in [1.807, 2.05) is 18.2 Å². The molecule has 3 heterocycles. The third-order valence-electron chi connectivity index (χ3n) is 5.51. The van der Waals surface area contributed by atoms with E-state index < -0.39 is 10.0 Å². The second-order valence-electron chi connectivity index (χ2n) is 7.75. The summed E-state index contributed by atoms with van der Waals surface area (Å²) in [6.07, 6.45) is 3.98. The lowest BCUT2D eigenvalue weighted by Crippen LogP contribution is -2.29. The zero-order valence-electron chi connectivity index (χ0n) is 18.0. The number of fused-ring (bicyclic) bond motifs is 1. The average molecular weight is 511 g/mol. The Kier molecular flexibility index (Phi) is 5.85. The number of carbonyl (C=O) groups is 1. The number of thiazole rings is 1. The molecule has 0 fully saturated rings. The number of halogens is 1. The minimum atomic E-state index is -3.75. The number of carbonyl (C=O) groups excluding carboxylic acids is 1. The first-order valence-corrected chi connectivity index (χ1v) is 13.1. The van der Waals surface area contributed by atoms with Gasteiger partial charge in [-0.3, -0.25) is 14.1 Å². The molecule has 172 valence electrons. The molecular weight excluding hydrogens is 492 g/mol. The maximum atomic E-state index is 13.2. The molecule has 0 saturated heterocycles. The zero-order valence-corrected chi connectivity index (χ0v) is 20.4. The van der Waals surface area contributed by atoms with Crippen LogP contribution in [0, 0.1) is 6.92 Å². The number of nitrogens with zero attached hydrogens (tertiary/aromatic N) is 3. The number of hydrogen-bond donors (Lipinski definition) is 1. The Labute approximate surface area is 206 Å². The number of benzene rings is 2. The highest BCUT2D eigenvalue weighted by Gasteiger charge is 2.31. The lowest BCUT2D eigenvalue weighted by atomic mass is 10.1. The lowest BCUT2D eigenvalue weighted by molar-refractivity contribution is 0.103. The molecule has 7 nitrogen and oxygen atoms in total. The Morgan fingerprint density at radius 2 is 1.94 bits per heavy atom. The molecule has 5 rings (SSSR count). The number of hydrogen-bond acceptors (Lipinski definition) is 6. The predicted octanol–water partition coefficient (Wildman–Crippen LogP) is 5.17. The molecule has 0 radical (unpaired) electrons. The highest BCUT2D eigenvalue weighted by atomic mass is 35.5. The third-order valence-corrected chi connectivity index (χ3v) is 8.79. The van der Waals surface area contributed by atoms with Crippen molar-refractivity contribution >= 4 is 50.2 Å². The first-order valence-electron chi connectivity index (χ1n) is 10.4. The molecule has 1 aliphatic heterocycles. The van der Waals surface area contributed by atoms with Gasteiger partial charge in [-0.15, -0.1) is 11.3 Å². The van der Waals surface area contributed by atoms with Crippen LogP contribution in [0.3, 0.4) is 0 Å². The topological polar surface area (TPSA) is 92.3 Å². The van der Waals surface area contributed by atoms with Gasteiger partial charge in [0.2, 0.25) is 0 Å². The summed E-state index contributed by atoms with van der Waals surface area (Å²) >= 11 is 7.20. The molecule has 1 aliphatic rings. The molecule has 0 aliphatic carbocycles. The molecule has 0 bridgehead atoms. The smallest absolute Gasteiger partial charge is 0.267 e. The summed E-state index contributed by atoms with van der Waals surface area (Å²) in [4.78, 5) is 22.3. The van der Waals surface area contributed by atoms with E-state index in [1.165, 1.54) is 27.8 Å². The summed E-state index contributed by atoms with van der Waals surface area (Å²) in [5.41, 5.74) is 3.44. The summed E-state index contributed by atoms with van der Waals surface area (Å²) < 4.78 is 27.8. The number of nitrogens with one attached hydrogen (secondary N) is 1. The molecule has 4 aromatic rings. The van der Waals surface area contributed by atoms with Gasteiger partial charge in [0, 0.05) is 35.2 Å². The highest BCUT2D eigenvalue weighted by molar-refractivity contribution is 7.92. The SMILES string of the molecule is Cc1nc(-c2cccnc2)sc1C(=O)Nc1ccc2c(c1)N(S(=O)(=O)c1ccc(Cl)cc1)CC2. The van der Waals surface area contributed by atoms with Crippen LogP contribution in [0.2, 0.25) is 5.02 Å². The van der Waals surface area contributed by atoms with E-state index in [9.17, 15) is 13.2 Å². The fourth-order valence-corrected chi connectivity index (χ4v) is 6.39. The average Bonchev–Trinajstić information content (AvgIpc) is 3.44. The minimum absolute atomic E-state index is 0.169. The number of anilines is 2. The van der Waals surface area contributed by atoms with Gasteiger partial charge in [0.15, 0.2) is 0 Å². The van der Waals surface area contributed by atoms with E-state index in [0.29, 0.717) is 44.9 Å². The summed E-state index contributed by atoms with van der Waals surface area (Å²) in [5.74, 6) is -0.296. The molecule has 34 heavy (non-hydrogen) atoms. The molecule has 1 amide bonds. The maximum absolute atomic E-state index is 13.2. The molecule has 1 N–H and O–H groups in total. The summed E-state index contributed by atoms with van der Waals surface area (Å²) in [7, 11) is -3.75. The van der Waals surface area contributed by atoms with Gasteiger partial charge in [0.05, 0.1) is 16.3 Å². The Balaban J connectivity index is 1.41. The highest BCUT2D eigenvalue weighted by Crippen LogP contribution is 2.36. The fraction of sp³-hybridized carbons (Fsp3) is 0.125. The van der Waals surface area contributed by atoms with Crippen molar-refractivity contribution in [2.24, 2.45) is 0 Å². The van der Waals surface area contributed by atoms with Crippen LogP contribution in [0.15, 0.2) is 71.9 Å². The zero-order chi connectivity index (χ0) is 23.9. The van der Waals surface area contributed by atoms with E-state index >= 15 is 0 Å². The van der Waals surface area contributed by atoms with Gasteiger partial charge in [-0.05, 0) is 67.4 Å². The molecular formula is C24H19ClN4O3S2. The Morgan fingerprint density at radius 3 is 2.68 bits per heavy atom. The van der Waals surface area contributed by atoms with Gasteiger partial charge >= 0.3 is 0 Å². The quantitative estimate of drug-likeness (QED) is 0.400. The van der Waals surface area contributed by atoms with Gasteiger partial charge in [-0.2, -0.15) is 0 Å². The molecule has 2 aromatic carbocycles. The maximum Gasteiger partial charge on any atom is 0.267 e. The molecule has 10 heteroatoms. The number of aromatic nitrogens is 2. The van der Waals surface area contributed by atoms with Gasteiger partial charge < -0.3 is 5.32 Å². The van der Waals surface area contributed by atoms with Crippen molar-refractivity contribution in [1.29, 1.82) is 0 Å². The van der Waals surface area contributed by atoms with E-state index in [-0.39, 0.29) is 10.8 Å². The number of rotatable bonds is 5. The van der Waals surface area contributed by atoms with Gasteiger partial charge in [-0.1, -0.05) is 17.7 Å². The second kappa shape index (κ2) is 8.83. The van der Waals surface area contributed by atoms with Crippen LogP contribution in [0.5, 0.6) is 0 Å². The summed E-state index contributed by atoms with van der Waals surface area (Å²) in [5, 5.41) is 4.07. The van der Waals surface area contributed by atoms with Crippen molar-refractivity contribution in [2.45, 2.75) is 18.2 Å². The van der Waals surface area contributed by atoms with E-state index in [2.05, 4.69) is 15.3 Å². The third kappa shape index (κ3) is 4.18. The minimum Gasteiger partial charge on any atom is -0.321 e. The van der Waals surface area contributed by atoms with Gasteiger partial charge in [-0.25, -0.2) is 13.4 Å². The van der Waals surface area contributed by atoms with Crippen LogP contribution in [0.25, 0.3) is 10.6 Å². The number of amides is 1. The van der Waals surface area contributed by atoms with Gasteiger partial charge in [0.25, 0.3) is 15.9 Å². The normalized spacial score (nSPS) is 13.1. The first-order chi connectivity index (χ1) is 16.3. The Hall–Kier alpha value is -3.27. The summed E-state index contributed by atoms with van der Waals surface area (Å²) in [6, 6.07) is 15.1. The number of pyridine rings is 1. The molecule has 0 saturated carbocycles. The largest absolute Gasteiger partial charge is 0.321 e. The van der Waals surface area contributed by atoms with Crippen LogP contribution < -0.4 is 9.62 Å². The fourth-order valence-electron chi connectivity index (χ4n) is 3.82. The standard InChI is InChI=1S/C24H19ClN4O3S2/c1-15-22(33-24(27-15)17-3-2-11-26-14-17)23(30)28-19-7-4-16-10-12-29(21(16)13-19)34(31,32)20-8-5-18(25)6-9-20/h2-9,11,13-14H,10,12H2,1H3,(H,28,30). The molecule has 0 unspecified atom stereocenters. The van der Waals surface area contributed by atoms with Crippen molar-refractivity contribution in [1.82, 2.24) is 9.97 Å². The van der Waals surface area contributed by atoms with Crippen LogP contribution in [0.4, 0.5) is 11.4 Å². The van der Waals surface area contributed by atoms with Crippen LogP contribution in [0.1, 0.15) is 20.9 Å². The Bertz CT molecular complexity index is 1490. The van der Waals surface area contributed by atoms with Crippen molar-refractivity contribution in [2.75, 3.05) is 16.2 Å². The van der Waals surface area contributed by atoms with Crippen molar-refractivity contribution in [3.8, 4) is 10.6 Å². The molecule has 0 atom stereocenters. The van der Waals surface area contributed by atoms with Crippen molar-refractivity contribution in [3.63, 3.8) is 0 Å². The number of sulfonamides is 1. The molecule has 2 aromatic heterocycles. The monoisotopic (exact) mass is 510 g/mol. The van der Waals surface area contributed by atoms with Gasteiger partial charge in [0.1, 0.15) is 9.88 Å². The van der Waals surface area contributed by atoms with E-state index in [1.54, 1.807) is 43.6 Å². The molecule has 0 spiro atoms. The number of aryl methyl sites for hydroxylation is 1.